The molecule has 2 atom stereocenters. The van der Waals surface area contributed by atoms with Crippen LogP contribution in [0.2, 0.25) is 0 Å². The molecule has 0 bridgehead atoms. The summed E-state index contributed by atoms with van der Waals surface area (Å²) in [7, 11) is 3.64. The summed E-state index contributed by atoms with van der Waals surface area (Å²) in [4.78, 5) is 29.2. The van der Waals surface area contributed by atoms with Crippen LogP contribution in [0.1, 0.15) is 30.0 Å². The summed E-state index contributed by atoms with van der Waals surface area (Å²) in [5, 5.41) is 4.23. The molecule has 2 amide bonds. The van der Waals surface area contributed by atoms with Crippen molar-refractivity contribution in [2.24, 2.45) is 13.0 Å². The van der Waals surface area contributed by atoms with Crippen molar-refractivity contribution in [1.29, 1.82) is 0 Å². The van der Waals surface area contributed by atoms with Crippen LogP contribution in [0.4, 0.5) is 5.69 Å². The van der Waals surface area contributed by atoms with Crippen LogP contribution in [0.15, 0.2) is 36.7 Å². The van der Waals surface area contributed by atoms with E-state index in [0.29, 0.717) is 19.4 Å². The van der Waals surface area contributed by atoms with E-state index in [2.05, 4.69) is 11.2 Å². The van der Waals surface area contributed by atoms with Crippen molar-refractivity contribution in [3.8, 4) is 0 Å². The van der Waals surface area contributed by atoms with E-state index in [1.54, 1.807) is 22.8 Å². The third-order valence-electron chi connectivity index (χ3n) is 5.40. The predicted molar refractivity (Wildman–Crippen MR) is 93.9 cm³/mol. The third-order valence-corrected chi connectivity index (χ3v) is 5.40. The van der Waals surface area contributed by atoms with Gasteiger partial charge in [0.25, 0.3) is 0 Å². The number of hydrogen-bond acceptors (Lipinski definition) is 3. The number of amides is 2. The van der Waals surface area contributed by atoms with Crippen molar-refractivity contribution in [2.75, 3.05) is 18.5 Å². The van der Waals surface area contributed by atoms with Crippen LogP contribution >= 0.6 is 0 Å². The Bertz CT molecular complexity index is 828. The summed E-state index contributed by atoms with van der Waals surface area (Å²) < 4.78 is 1.72. The number of fused-ring (bicyclic) bond motifs is 1. The number of piperidine rings is 1. The van der Waals surface area contributed by atoms with E-state index in [-0.39, 0.29) is 23.8 Å². The normalized spacial score (nSPS) is 23.0. The highest BCUT2D eigenvalue weighted by Crippen LogP contribution is 2.39. The Kier molecular flexibility index (Phi) is 3.82. The summed E-state index contributed by atoms with van der Waals surface area (Å²) in [6.45, 7) is 0.714. The molecule has 130 valence electrons. The van der Waals surface area contributed by atoms with E-state index in [4.69, 9.17) is 0 Å². The Balaban J connectivity index is 1.67. The summed E-state index contributed by atoms with van der Waals surface area (Å²) >= 11 is 0. The van der Waals surface area contributed by atoms with E-state index >= 15 is 0 Å². The van der Waals surface area contributed by atoms with E-state index in [9.17, 15) is 9.59 Å². The van der Waals surface area contributed by atoms with E-state index in [1.165, 1.54) is 5.56 Å². The molecule has 1 fully saturated rings. The van der Waals surface area contributed by atoms with Gasteiger partial charge in [0.15, 0.2) is 0 Å². The average molecular weight is 338 g/mol. The number of hydrogen-bond donors (Lipinski definition) is 0. The van der Waals surface area contributed by atoms with Gasteiger partial charge in [-0.15, -0.1) is 0 Å². The smallest absolute Gasteiger partial charge is 0.232 e. The van der Waals surface area contributed by atoms with Crippen LogP contribution in [0, 0.1) is 5.92 Å². The quantitative estimate of drug-likeness (QED) is 0.840. The number of carbonyl (C=O) groups is 2. The highest BCUT2D eigenvalue weighted by atomic mass is 16.2. The minimum Gasteiger partial charge on any atom is -0.338 e. The number of aryl methyl sites for hydroxylation is 1. The first kappa shape index (κ1) is 15.9. The van der Waals surface area contributed by atoms with Gasteiger partial charge in [0.05, 0.1) is 18.2 Å². The van der Waals surface area contributed by atoms with Crippen molar-refractivity contribution in [1.82, 2.24) is 14.7 Å². The summed E-state index contributed by atoms with van der Waals surface area (Å²) in [6, 6.07) is 7.82. The Hall–Kier alpha value is -2.63. The maximum Gasteiger partial charge on any atom is 0.232 e. The third kappa shape index (κ3) is 2.62. The number of anilines is 1. The largest absolute Gasteiger partial charge is 0.338 e. The zero-order valence-electron chi connectivity index (χ0n) is 14.6. The van der Waals surface area contributed by atoms with Crippen LogP contribution < -0.4 is 4.90 Å². The molecule has 1 saturated heterocycles. The number of aromatic nitrogens is 2. The molecule has 1 aromatic heterocycles. The number of likely N-dealkylation sites (tertiary alicyclic amines) is 1. The SMILES string of the molecule is CN1C(=O)CCC(C(=O)N2CCc3ccccc32)C1c1cnn(C)c1. The Morgan fingerprint density at radius 2 is 2.00 bits per heavy atom. The Morgan fingerprint density at radius 1 is 1.20 bits per heavy atom. The zero-order chi connectivity index (χ0) is 17.6. The summed E-state index contributed by atoms with van der Waals surface area (Å²) in [5.41, 5.74) is 3.15. The van der Waals surface area contributed by atoms with E-state index in [1.807, 2.05) is 36.3 Å². The first-order valence-corrected chi connectivity index (χ1v) is 8.70. The number of rotatable bonds is 2. The minimum absolute atomic E-state index is 0.0831. The van der Waals surface area contributed by atoms with Crippen LogP contribution in [0.25, 0.3) is 0 Å². The minimum atomic E-state index is -0.254. The second kappa shape index (κ2) is 6.02. The van der Waals surface area contributed by atoms with Crippen molar-refractivity contribution in [2.45, 2.75) is 25.3 Å². The topological polar surface area (TPSA) is 58.4 Å². The molecule has 6 heteroatoms. The van der Waals surface area contributed by atoms with E-state index in [0.717, 1.165) is 17.7 Å². The standard InChI is InChI=1S/C19H22N4O2/c1-21-12-14(11-20-21)18-15(7-8-17(24)22(18)2)19(25)23-10-9-13-5-3-4-6-16(13)23/h3-6,11-12,15,18H,7-10H2,1-2H3. The molecule has 0 saturated carbocycles. The van der Waals surface area contributed by atoms with Crippen LogP contribution in [0.3, 0.4) is 0 Å². The highest BCUT2D eigenvalue weighted by Gasteiger charge is 2.42. The molecule has 2 aliphatic rings. The fraction of sp³-hybridized carbons (Fsp3) is 0.421. The van der Waals surface area contributed by atoms with Crippen LogP contribution in [-0.2, 0) is 23.1 Å². The molecular weight excluding hydrogens is 316 g/mol. The van der Waals surface area contributed by atoms with Gasteiger partial charge in [0, 0.05) is 44.5 Å². The molecule has 2 aromatic rings. The lowest BCUT2D eigenvalue weighted by Crippen LogP contribution is -2.47. The van der Waals surface area contributed by atoms with Gasteiger partial charge in [-0.05, 0) is 24.5 Å². The maximum atomic E-state index is 13.4. The molecule has 0 aliphatic carbocycles. The highest BCUT2D eigenvalue weighted by molar-refractivity contribution is 5.98. The second-order valence-corrected chi connectivity index (χ2v) is 6.91. The number of nitrogens with zero attached hydrogens (tertiary/aromatic N) is 4. The van der Waals surface area contributed by atoms with Gasteiger partial charge in [-0.2, -0.15) is 5.10 Å². The lowest BCUT2D eigenvalue weighted by Gasteiger charge is -2.39. The average Bonchev–Trinajstić information content (AvgIpc) is 3.23. The van der Waals surface area contributed by atoms with Gasteiger partial charge in [-0.3, -0.25) is 14.3 Å². The Labute approximate surface area is 147 Å². The van der Waals surface area contributed by atoms with Gasteiger partial charge in [-0.1, -0.05) is 18.2 Å². The van der Waals surface area contributed by atoms with E-state index < -0.39 is 0 Å². The molecule has 6 nitrogen and oxygen atoms in total. The Morgan fingerprint density at radius 3 is 2.76 bits per heavy atom. The molecule has 4 rings (SSSR count). The zero-order valence-corrected chi connectivity index (χ0v) is 14.6. The van der Waals surface area contributed by atoms with Crippen molar-refractivity contribution in [3.05, 3.63) is 47.8 Å². The first-order valence-electron chi connectivity index (χ1n) is 8.70. The van der Waals surface area contributed by atoms with Gasteiger partial charge in [-0.25, -0.2) is 0 Å². The summed E-state index contributed by atoms with van der Waals surface area (Å²) in [5.74, 6) is -0.0454. The van der Waals surface area contributed by atoms with Crippen molar-refractivity contribution >= 4 is 17.5 Å². The molecule has 3 heterocycles. The fourth-order valence-corrected chi connectivity index (χ4v) is 4.11. The molecular formula is C19H22N4O2. The monoisotopic (exact) mass is 338 g/mol. The molecule has 2 aliphatic heterocycles. The second-order valence-electron chi connectivity index (χ2n) is 6.91. The molecule has 0 N–H and O–H groups in total. The molecule has 2 unspecified atom stereocenters. The van der Waals surface area contributed by atoms with Crippen molar-refractivity contribution < 1.29 is 9.59 Å². The number of para-hydroxylation sites is 1. The van der Waals surface area contributed by atoms with Crippen molar-refractivity contribution in [3.63, 3.8) is 0 Å². The number of carbonyl (C=O) groups excluding carboxylic acids is 2. The van der Waals surface area contributed by atoms with Crippen LogP contribution in [-0.4, -0.2) is 40.1 Å². The summed E-state index contributed by atoms with van der Waals surface area (Å²) in [6.07, 6.45) is 5.55. The van der Waals surface area contributed by atoms with Gasteiger partial charge in [0.2, 0.25) is 11.8 Å². The molecule has 0 spiro atoms. The molecule has 0 radical (unpaired) electrons. The molecule has 25 heavy (non-hydrogen) atoms. The molecule has 1 aromatic carbocycles. The van der Waals surface area contributed by atoms with Gasteiger partial charge < -0.3 is 9.80 Å². The fourth-order valence-electron chi connectivity index (χ4n) is 4.11. The maximum absolute atomic E-state index is 13.4. The van der Waals surface area contributed by atoms with Gasteiger partial charge >= 0.3 is 0 Å². The lowest BCUT2D eigenvalue weighted by atomic mass is 9.84. The predicted octanol–water partition coefficient (Wildman–Crippen LogP) is 1.92. The first-order chi connectivity index (χ1) is 12.1. The van der Waals surface area contributed by atoms with Gasteiger partial charge in [0.1, 0.15) is 0 Å². The lowest BCUT2D eigenvalue weighted by molar-refractivity contribution is -0.140. The van der Waals surface area contributed by atoms with Crippen LogP contribution in [0.5, 0.6) is 0 Å². The number of benzene rings is 1.